The van der Waals surface area contributed by atoms with E-state index in [9.17, 15) is 4.79 Å². The molecule has 0 aliphatic heterocycles. The van der Waals surface area contributed by atoms with Crippen molar-refractivity contribution in [2.24, 2.45) is 0 Å². The molecule has 2 aromatic carbocycles. The van der Waals surface area contributed by atoms with Gasteiger partial charge in [0.2, 0.25) is 5.89 Å². The lowest BCUT2D eigenvalue weighted by Crippen LogP contribution is -2.12. The zero-order valence-electron chi connectivity index (χ0n) is 14.6. The molecule has 1 unspecified atom stereocenters. The quantitative estimate of drug-likeness (QED) is 0.577. The van der Waals surface area contributed by atoms with Gasteiger partial charge < -0.3 is 14.5 Å². The Kier molecular flexibility index (Phi) is 4.63. The van der Waals surface area contributed by atoms with Gasteiger partial charge in [-0.1, -0.05) is 36.4 Å². The number of oxazole rings is 1. The molecule has 0 saturated heterocycles. The lowest BCUT2D eigenvalue weighted by molar-refractivity contribution is 0.102. The molecule has 1 atom stereocenters. The van der Waals surface area contributed by atoms with E-state index in [4.69, 9.17) is 9.15 Å². The Morgan fingerprint density at radius 3 is 2.67 bits per heavy atom. The highest BCUT2D eigenvalue weighted by atomic mass is 16.5. The van der Waals surface area contributed by atoms with Crippen LogP contribution in [0.15, 0.2) is 77.5 Å². The minimum Gasteiger partial charge on any atom is -0.435 e. The fourth-order valence-electron chi connectivity index (χ4n) is 2.88. The van der Waals surface area contributed by atoms with Crippen molar-refractivity contribution in [3.63, 3.8) is 0 Å². The van der Waals surface area contributed by atoms with Crippen LogP contribution >= 0.6 is 0 Å². The van der Waals surface area contributed by atoms with Crippen LogP contribution in [0.25, 0.3) is 11.1 Å². The number of pyridine rings is 1. The molecular formula is C21H17N3O3. The first-order chi connectivity index (χ1) is 13.3. The number of hydrogen-bond acceptors (Lipinski definition) is 5. The van der Waals surface area contributed by atoms with E-state index in [1.165, 1.54) is 6.20 Å². The summed E-state index contributed by atoms with van der Waals surface area (Å²) in [6.07, 6.45) is 2.70. The monoisotopic (exact) mass is 359 g/mol. The summed E-state index contributed by atoms with van der Waals surface area (Å²) in [5.41, 5.74) is 3.10. The number of hydrogen-bond donors (Lipinski definition) is 1. The Morgan fingerprint density at radius 2 is 1.93 bits per heavy atom. The van der Waals surface area contributed by atoms with Crippen LogP contribution in [0.5, 0.6) is 0 Å². The van der Waals surface area contributed by atoms with Gasteiger partial charge in [0.1, 0.15) is 5.52 Å². The Hall–Kier alpha value is -3.51. The Morgan fingerprint density at radius 1 is 1.07 bits per heavy atom. The number of aromatic nitrogens is 2. The zero-order valence-corrected chi connectivity index (χ0v) is 14.6. The number of para-hydroxylation sites is 1. The van der Waals surface area contributed by atoms with E-state index in [0.717, 1.165) is 5.56 Å². The largest absolute Gasteiger partial charge is 0.435 e. The predicted octanol–water partition coefficient (Wildman–Crippen LogP) is 4.21. The number of amides is 1. The minimum atomic E-state index is -0.430. The molecule has 0 aliphatic rings. The SMILES string of the molecule is COC(c1ccccc1)c1nc2cccc(NC(=O)c3cccnc3)c2o1. The van der Waals surface area contributed by atoms with Gasteiger partial charge in [0.15, 0.2) is 11.7 Å². The van der Waals surface area contributed by atoms with E-state index in [1.807, 2.05) is 42.5 Å². The van der Waals surface area contributed by atoms with E-state index in [1.54, 1.807) is 31.5 Å². The highest BCUT2D eigenvalue weighted by Gasteiger charge is 2.21. The molecule has 1 amide bonds. The van der Waals surface area contributed by atoms with Crippen LogP contribution in [0.2, 0.25) is 0 Å². The molecule has 1 N–H and O–H groups in total. The average Bonchev–Trinajstić information content (AvgIpc) is 3.15. The maximum atomic E-state index is 12.4. The maximum absolute atomic E-state index is 12.4. The number of rotatable bonds is 5. The van der Waals surface area contributed by atoms with E-state index in [-0.39, 0.29) is 5.91 Å². The van der Waals surface area contributed by atoms with Gasteiger partial charge in [-0.3, -0.25) is 9.78 Å². The van der Waals surface area contributed by atoms with Crippen LogP contribution < -0.4 is 5.32 Å². The molecule has 0 saturated carbocycles. The molecule has 0 aliphatic carbocycles. The van der Waals surface area contributed by atoms with E-state index < -0.39 is 6.10 Å². The number of anilines is 1. The first kappa shape index (κ1) is 16.9. The molecule has 6 nitrogen and oxygen atoms in total. The third-order valence-electron chi connectivity index (χ3n) is 4.17. The standard InChI is InChI=1S/C21H17N3O3/c1-26-18(14-7-3-2-4-8-14)21-24-17-11-5-10-16(19(17)27-21)23-20(25)15-9-6-12-22-13-15/h2-13,18H,1H3,(H,23,25). The number of nitrogens with one attached hydrogen (secondary N) is 1. The van der Waals surface area contributed by atoms with Crippen molar-refractivity contribution in [1.29, 1.82) is 0 Å². The highest BCUT2D eigenvalue weighted by Crippen LogP contribution is 2.31. The molecule has 134 valence electrons. The fraction of sp³-hybridized carbons (Fsp3) is 0.0952. The van der Waals surface area contributed by atoms with Gasteiger partial charge in [0, 0.05) is 19.5 Å². The summed E-state index contributed by atoms with van der Waals surface area (Å²) >= 11 is 0. The summed E-state index contributed by atoms with van der Waals surface area (Å²) < 4.78 is 11.6. The number of carbonyl (C=O) groups excluding carboxylic acids is 1. The molecule has 2 aromatic heterocycles. The van der Waals surface area contributed by atoms with Crippen LogP contribution in [0.3, 0.4) is 0 Å². The van der Waals surface area contributed by atoms with Crippen molar-refractivity contribution in [3.05, 3.63) is 90.1 Å². The molecule has 27 heavy (non-hydrogen) atoms. The maximum Gasteiger partial charge on any atom is 0.257 e. The van der Waals surface area contributed by atoms with Gasteiger partial charge in [-0.2, -0.15) is 0 Å². The van der Waals surface area contributed by atoms with Gasteiger partial charge in [-0.05, 0) is 29.8 Å². The third-order valence-corrected chi connectivity index (χ3v) is 4.17. The van der Waals surface area contributed by atoms with Gasteiger partial charge in [-0.15, -0.1) is 0 Å². The second-order valence-electron chi connectivity index (χ2n) is 5.93. The van der Waals surface area contributed by atoms with E-state index in [0.29, 0.717) is 28.2 Å². The Bertz CT molecular complexity index is 1060. The number of benzene rings is 2. The van der Waals surface area contributed by atoms with Crippen molar-refractivity contribution in [2.45, 2.75) is 6.10 Å². The van der Waals surface area contributed by atoms with Gasteiger partial charge in [-0.25, -0.2) is 4.98 Å². The summed E-state index contributed by atoms with van der Waals surface area (Å²) in [6.45, 7) is 0. The highest BCUT2D eigenvalue weighted by molar-refractivity contribution is 6.07. The first-order valence-corrected chi connectivity index (χ1v) is 8.45. The number of methoxy groups -OCH3 is 1. The average molecular weight is 359 g/mol. The molecule has 6 heteroatoms. The molecule has 4 aromatic rings. The van der Waals surface area contributed by atoms with E-state index >= 15 is 0 Å². The van der Waals surface area contributed by atoms with Crippen LogP contribution in [0, 0.1) is 0 Å². The Labute approximate surface area is 155 Å². The van der Waals surface area contributed by atoms with Crippen LogP contribution in [-0.2, 0) is 4.74 Å². The van der Waals surface area contributed by atoms with Crippen molar-refractivity contribution in [3.8, 4) is 0 Å². The van der Waals surface area contributed by atoms with Gasteiger partial charge >= 0.3 is 0 Å². The van der Waals surface area contributed by atoms with Crippen LogP contribution in [-0.4, -0.2) is 23.0 Å². The second kappa shape index (κ2) is 7.39. The number of nitrogens with zero attached hydrogens (tertiary/aromatic N) is 2. The normalized spacial score (nSPS) is 12.0. The van der Waals surface area contributed by atoms with E-state index in [2.05, 4.69) is 15.3 Å². The number of carbonyl (C=O) groups is 1. The third kappa shape index (κ3) is 3.43. The summed E-state index contributed by atoms with van der Waals surface area (Å²) in [4.78, 5) is 21.0. The topological polar surface area (TPSA) is 77.2 Å². The number of ether oxygens (including phenoxy) is 1. The molecule has 0 fully saturated rings. The first-order valence-electron chi connectivity index (χ1n) is 8.45. The predicted molar refractivity (Wildman–Crippen MR) is 101 cm³/mol. The lowest BCUT2D eigenvalue weighted by atomic mass is 10.1. The number of fused-ring (bicyclic) bond motifs is 1. The van der Waals surface area contributed by atoms with Crippen molar-refractivity contribution < 1.29 is 13.9 Å². The summed E-state index contributed by atoms with van der Waals surface area (Å²) in [7, 11) is 1.61. The molecular weight excluding hydrogens is 342 g/mol. The smallest absolute Gasteiger partial charge is 0.257 e. The zero-order chi connectivity index (χ0) is 18.6. The molecule has 2 heterocycles. The van der Waals surface area contributed by atoms with Crippen molar-refractivity contribution in [2.75, 3.05) is 12.4 Å². The second-order valence-corrected chi connectivity index (χ2v) is 5.93. The minimum absolute atomic E-state index is 0.264. The van der Waals surface area contributed by atoms with Gasteiger partial charge in [0.05, 0.1) is 11.3 Å². The van der Waals surface area contributed by atoms with Crippen LogP contribution in [0.4, 0.5) is 5.69 Å². The molecule has 0 spiro atoms. The molecule has 0 radical (unpaired) electrons. The Balaban J connectivity index is 1.69. The summed E-state index contributed by atoms with van der Waals surface area (Å²) in [5, 5.41) is 2.86. The van der Waals surface area contributed by atoms with Crippen molar-refractivity contribution >= 4 is 22.7 Å². The molecule has 0 bridgehead atoms. The lowest BCUT2D eigenvalue weighted by Gasteiger charge is -2.11. The summed E-state index contributed by atoms with van der Waals surface area (Å²) in [5.74, 6) is 0.168. The summed E-state index contributed by atoms with van der Waals surface area (Å²) in [6, 6.07) is 18.5. The van der Waals surface area contributed by atoms with Crippen LogP contribution in [0.1, 0.15) is 27.9 Å². The molecule has 4 rings (SSSR count). The fourth-order valence-corrected chi connectivity index (χ4v) is 2.88. The van der Waals surface area contributed by atoms with Crippen molar-refractivity contribution in [1.82, 2.24) is 9.97 Å². The van der Waals surface area contributed by atoms with Gasteiger partial charge in [0.25, 0.3) is 5.91 Å².